The zero-order valence-corrected chi connectivity index (χ0v) is 37.3. The van der Waals surface area contributed by atoms with Crippen molar-refractivity contribution in [2.75, 3.05) is 0 Å². The molecule has 0 bridgehead atoms. The highest BCUT2D eigenvalue weighted by molar-refractivity contribution is 5.99. The van der Waals surface area contributed by atoms with Gasteiger partial charge in [0, 0.05) is 10.8 Å². The van der Waals surface area contributed by atoms with Crippen molar-refractivity contribution in [2.45, 2.75) is 63.7 Å². The smallest absolute Gasteiger partial charge is 0.0159 e. The molecular formula is C64H52. The highest BCUT2D eigenvalue weighted by atomic mass is 14.4. The quantitative estimate of drug-likeness (QED) is 0.143. The van der Waals surface area contributed by atoms with E-state index < -0.39 is 0 Å². The lowest BCUT2D eigenvalue weighted by Gasteiger charge is -2.25. The number of aryl methyl sites for hydroxylation is 1. The molecule has 0 heterocycles. The van der Waals surface area contributed by atoms with Crippen molar-refractivity contribution in [2.24, 2.45) is 0 Å². The van der Waals surface area contributed by atoms with E-state index in [9.17, 15) is 0 Å². The predicted molar refractivity (Wildman–Crippen MR) is 273 cm³/mol. The minimum atomic E-state index is -0.126. The maximum absolute atomic E-state index is 2.58. The first-order chi connectivity index (χ1) is 31.2. The minimum Gasteiger partial charge on any atom is -0.0616 e. The fourth-order valence-electron chi connectivity index (χ4n) is 11.7. The van der Waals surface area contributed by atoms with Crippen LogP contribution in [0.25, 0.3) is 76.8 Å². The van der Waals surface area contributed by atoms with Crippen LogP contribution in [0, 0.1) is 0 Å². The third kappa shape index (κ3) is 6.18. The van der Waals surface area contributed by atoms with Gasteiger partial charge in [-0.25, -0.2) is 0 Å². The molecule has 1 atom stereocenters. The van der Waals surface area contributed by atoms with E-state index in [4.69, 9.17) is 0 Å². The number of fused-ring (bicyclic) bond motifs is 9. The summed E-state index contributed by atoms with van der Waals surface area (Å²) in [5, 5.41) is 7.86. The number of rotatable bonds is 8. The molecule has 0 heteroatoms. The monoisotopic (exact) mass is 820 g/mol. The molecule has 0 N–H and O–H groups in total. The molecule has 1 unspecified atom stereocenters. The average Bonchev–Trinajstić information content (AvgIpc) is 3.70. The molecule has 64 heavy (non-hydrogen) atoms. The van der Waals surface area contributed by atoms with Crippen LogP contribution in [0.5, 0.6) is 0 Å². The maximum atomic E-state index is 2.58. The van der Waals surface area contributed by atoms with Gasteiger partial charge in [-0.05, 0) is 153 Å². The van der Waals surface area contributed by atoms with Gasteiger partial charge in [-0.15, -0.1) is 0 Å². The van der Waals surface area contributed by atoms with Gasteiger partial charge in [0.2, 0.25) is 0 Å². The Morgan fingerprint density at radius 3 is 1.38 bits per heavy atom. The van der Waals surface area contributed by atoms with Crippen LogP contribution < -0.4 is 0 Å². The van der Waals surface area contributed by atoms with Crippen molar-refractivity contribution in [1.82, 2.24) is 0 Å². The zero-order valence-electron chi connectivity index (χ0n) is 37.3. The molecule has 0 nitrogen and oxygen atoms in total. The van der Waals surface area contributed by atoms with Gasteiger partial charge in [0.1, 0.15) is 0 Å². The summed E-state index contributed by atoms with van der Waals surface area (Å²) >= 11 is 0. The van der Waals surface area contributed by atoms with Crippen LogP contribution in [0.1, 0.15) is 79.0 Å². The van der Waals surface area contributed by atoms with E-state index in [0.29, 0.717) is 5.92 Å². The van der Waals surface area contributed by atoms with Crippen molar-refractivity contribution in [3.63, 3.8) is 0 Å². The summed E-state index contributed by atoms with van der Waals surface area (Å²) in [6.45, 7) is 9.71. The Hall–Kier alpha value is -7.02. The number of hydrogen-bond donors (Lipinski definition) is 0. The maximum Gasteiger partial charge on any atom is 0.0159 e. The van der Waals surface area contributed by atoms with Crippen molar-refractivity contribution < 1.29 is 0 Å². The second-order valence-corrected chi connectivity index (χ2v) is 19.6. The van der Waals surface area contributed by atoms with Crippen LogP contribution in [0.2, 0.25) is 0 Å². The first-order valence-electron chi connectivity index (χ1n) is 23.2. The molecular weight excluding hydrogens is 769 g/mol. The summed E-state index contributed by atoms with van der Waals surface area (Å²) in [6.07, 6.45) is 3.08. The van der Waals surface area contributed by atoms with Gasteiger partial charge in [-0.2, -0.15) is 0 Å². The molecule has 2 aliphatic rings. The van der Waals surface area contributed by atoms with Gasteiger partial charge < -0.3 is 0 Å². The summed E-state index contributed by atoms with van der Waals surface area (Å²) < 4.78 is 0. The molecule has 0 saturated carbocycles. The lowest BCUT2D eigenvalue weighted by atomic mass is 9.78. The number of hydrogen-bond acceptors (Lipinski definition) is 0. The largest absolute Gasteiger partial charge is 0.0616 e. The Labute approximate surface area is 377 Å². The summed E-state index contributed by atoms with van der Waals surface area (Å²) in [5.41, 5.74) is 20.5. The fraction of sp³-hybridized carbons (Fsp3) is 0.156. The second-order valence-electron chi connectivity index (χ2n) is 19.6. The van der Waals surface area contributed by atoms with Gasteiger partial charge in [0.25, 0.3) is 0 Å². The first-order valence-corrected chi connectivity index (χ1v) is 23.2. The van der Waals surface area contributed by atoms with Crippen molar-refractivity contribution in [3.8, 4) is 44.5 Å². The Bertz CT molecular complexity index is 3470. The Morgan fingerprint density at radius 1 is 0.359 bits per heavy atom. The summed E-state index contributed by atoms with van der Waals surface area (Å²) in [5.74, 6) is 0.351. The number of benzene rings is 10. The Morgan fingerprint density at radius 2 is 0.797 bits per heavy atom. The summed E-state index contributed by atoms with van der Waals surface area (Å²) in [6, 6.07) is 75.9. The lowest BCUT2D eigenvalue weighted by molar-refractivity contribution is 0.614. The topological polar surface area (TPSA) is 0 Å². The average molecular weight is 821 g/mol. The Balaban J connectivity index is 0.881. The standard InChI is InChI=1S/C64H52/c1-63(2)59-36-41(27-32-55(59)57-34-30-48(39-61(57)63)53-24-12-18-43-15-6-9-22-51(43)53)26-28-45(37-47-20-11-17-42-14-5-8-21-50(42)47)46-29-33-56-58-35-31-49(40-62(58)64(3,4)60(56)38-46)54-25-13-19-44-16-7-10-23-52(44)54/h5-25,27,29-36,38-40,45H,26,28,37H2,1-4H3. The molecule has 2 aliphatic carbocycles. The first kappa shape index (κ1) is 38.6. The fourth-order valence-corrected chi connectivity index (χ4v) is 11.7. The molecule has 12 rings (SSSR count). The third-order valence-corrected chi connectivity index (χ3v) is 15.2. The van der Waals surface area contributed by atoms with Crippen LogP contribution in [-0.4, -0.2) is 0 Å². The van der Waals surface area contributed by atoms with Crippen molar-refractivity contribution in [3.05, 3.63) is 239 Å². The molecule has 0 fully saturated rings. The SMILES string of the molecule is CC1(C)c2cc(CCC(Cc3cccc4ccccc34)c3ccc4c(c3)C(C)(C)c3cc(-c5cccc6ccccc56)ccc3-4)ccc2-c2ccc(-c3cccc4ccccc34)cc21. The molecule has 0 aliphatic heterocycles. The summed E-state index contributed by atoms with van der Waals surface area (Å²) in [7, 11) is 0. The van der Waals surface area contributed by atoms with E-state index in [1.54, 1.807) is 0 Å². The lowest BCUT2D eigenvalue weighted by Crippen LogP contribution is -2.16. The zero-order chi connectivity index (χ0) is 43.2. The van der Waals surface area contributed by atoms with Crippen molar-refractivity contribution in [1.29, 1.82) is 0 Å². The normalized spacial score (nSPS) is 14.6. The molecule has 308 valence electrons. The van der Waals surface area contributed by atoms with Gasteiger partial charge in [-0.1, -0.05) is 216 Å². The van der Waals surface area contributed by atoms with Gasteiger partial charge >= 0.3 is 0 Å². The van der Waals surface area contributed by atoms with E-state index in [0.717, 1.165) is 19.3 Å². The van der Waals surface area contributed by atoms with Gasteiger partial charge in [-0.3, -0.25) is 0 Å². The molecule has 0 saturated heterocycles. The Kier molecular flexibility index (Phi) is 8.93. The second kappa shape index (κ2) is 14.8. The van der Waals surface area contributed by atoms with E-state index >= 15 is 0 Å². The molecule has 0 aromatic heterocycles. The molecule has 10 aromatic rings. The van der Waals surface area contributed by atoms with E-state index in [-0.39, 0.29) is 10.8 Å². The van der Waals surface area contributed by atoms with Crippen LogP contribution in [0.3, 0.4) is 0 Å². The van der Waals surface area contributed by atoms with E-state index in [1.165, 1.54) is 116 Å². The third-order valence-electron chi connectivity index (χ3n) is 15.2. The molecule has 10 aromatic carbocycles. The summed E-state index contributed by atoms with van der Waals surface area (Å²) in [4.78, 5) is 0. The highest BCUT2D eigenvalue weighted by Crippen LogP contribution is 2.52. The van der Waals surface area contributed by atoms with E-state index in [1.807, 2.05) is 0 Å². The van der Waals surface area contributed by atoms with Gasteiger partial charge in [0.05, 0.1) is 0 Å². The van der Waals surface area contributed by atoms with E-state index in [2.05, 4.69) is 228 Å². The van der Waals surface area contributed by atoms with Crippen molar-refractivity contribution >= 4 is 32.3 Å². The van der Waals surface area contributed by atoms with Crippen LogP contribution in [-0.2, 0) is 23.7 Å². The minimum absolute atomic E-state index is 0.0995. The van der Waals surface area contributed by atoms with Gasteiger partial charge in [0.15, 0.2) is 0 Å². The molecule has 0 amide bonds. The van der Waals surface area contributed by atoms with Crippen LogP contribution >= 0.6 is 0 Å². The predicted octanol–water partition coefficient (Wildman–Crippen LogP) is 17.1. The molecule has 0 spiro atoms. The van der Waals surface area contributed by atoms with Crippen LogP contribution in [0.15, 0.2) is 200 Å². The molecule has 0 radical (unpaired) electrons. The van der Waals surface area contributed by atoms with Crippen LogP contribution in [0.4, 0.5) is 0 Å². The highest BCUT2D eigenvalue weighted by Gasteiger charge is 2.38.